The first kappa shape index (κ1) is 23.6. The molecule has 14 heteroatoms. The van der Waals surface area contributed by atoms with Crippen LogP contribution in [0, 0.1) is 5.82 Å². The zero-order valence-electron chi connectivity index (χ0n) is 16.4. The van der Waals surface area contributed by atoms with E-state index in [2.05, 4.69) is 19.9 Å². The normalized spacial score (nSPS) is 14.2. The predicted molar refractivity (Wildman–Crippen MR) is 103 cm³/mol. The van der Waals surface area contributed by atoms with Gasteiger partial charge in [-0.05, 0) is 37.3 Å². The Bertz CT molecular complexity index is 1230. The number of halogens is 4. The molecule has 2 aromatic heterocycles. The summed E-state index contributed by atoms with van der Waals surface area (Å²) in [6.07, 6.45) is -3.65. The van der Waals surface area contributed by atoms with Crippen LogP contribution >= 0.6 is 0 Å². The summed E-state index contributed by atoms with van der Waals surface area (Å²) in [7, 11) is -4.00. The molecule has 1 aromatic carbocycles. The van der Waals surface area contributed by atoms with Crippen molar-refractivity contribution >= 4 is 10.0 Å². The summed E-state index contributed by atoms with van der Waals surface area (Å²) in [6, 6.07) is 6.99. The molecule has 0 aliphatic carbocycles. The highest BCUT2D eigenvalue weighted by Gasteiger charge is 2.32. The van der Waals surface area contributed by atoms with Crippen LogP contribution in [0.5, 0.6) is 5.75 Å². The maximum absolute atomic E-state index is 14.0. The van der Waals surface area contributed by atoms with E-state index in [1.165, 1.54) is 31.3 Å². The number of hydrogen-bond acceptors (Lipinski definition) is 7. The van der Waals surface area contributed by atoms with Crippen molar-refractivity contribution in [1.29, 1.82) is 0 Å². The van der Waals surface area contributed by atoms with Gasteiger partial charge in [0.15, 0.2) is 0 Å². The minimum Gasteiger partial charge on any atom is -0.406 e. The average molecular weight is 475 g/mol. The van der Waals surface area contributed by atoms with Crippen molar-refractivity contribution in [2.45, 2.75) is 25.4 Å². The third kappa shape index (κ3) is 6.21. The van der Waals surface area contributed by atoms with Gasteiger partial charge in [0, 0.05) is 5.56 Å². The summed E-state index contributed by atoms with van der Waals surface area (Å²) in [4.78, 5) is 5.22. The Labute approximate surface area is 179 Å². The minimum atomic E-state index is -4.92. The molecule has 2 heterocycles. The lowest BCUT2D eigenvalue weighted by atomic mass is 10.0. The zero-order valence-corrected chi connectivity index (χ0v) is 17.2. The van der Waals surface area contributed by atoms with Gasteiger partial charge in [-0.3, -0.25) is 0 Å². The molecule has 0 fully saturated rings. The maximum Gasteiger partial charge on any atom is 0.573 e. The number of ether oxygens (including phenoxy) is 1. The number of nitrogens with two attached hydrogens (primary N) is 1. The van der Waals surface area contributed by atoms with Crippen LogP contribution in [0.25, 0.3) is 11.4 Å². The van der Waals surface area contributed by atoms with E-state index in [0.29, 0.717) is 0 Å². The van der Waals surface area contributed by atoms with Crippen LogP contribution in [0.3, 0.4) is 0 Å². The van der Waals surface area contributed by atoms with Gasteiger partial charge in [-0.15, -0.1) is 13.2 Å². The number of rotatable bonds is 7. The van der Waals surface area contributed by atoms with E-state index < -0.39 is 39.3 Å². The van der Waals surface area contributed by atoms with Gasteiger partial charge in [-0.25, -0.2) is 22.9 Å². The summed E-state index contributed by atoms with van der Waals surface area (Å²) in [5, 5.41) is 23.5. The fraction of sp³-hybridized carbons (Fsp3) is 0.278. The van der Waals surface area contributed by atoms with Crippen LogP contribution in [0.4, 0.5) is 17.6 Å². The van der Waals surface area contributed by atoms with Crippen LogP contribution < -0.4 is 9.88 Å². The molecule has 3 N–H and O–H groups in total. The first-order chi connectivity index (χ1) is 14.7. The predicted octanol–water partition coefficient (Wildman–Crippen LogP) is 1.92. The van der Waals surface area contributed by atoms with Gasteiger partial charge in [-0.1, -0.05) is 6.07 Å². The Hall–Kier alpha value is -3.10. The first-order valence-electron chi connectivity index (χ1n) is 8.87. The van der Waals surface area contributed by atoms with E-state index in [9.17, 15) is 31.1 Å². The lowest BCUT2D eigenvalue weighted by Crippen LogP contribution is -2.35. The summed E-state index contributed by atoms with van der Waals surface area (Å²) in [6.45, 7) is 0.933. The molecule has 0 aliphatic heterocycles. The number of benzene rings is 1. The number of aliphatic hydroxyl groups is 1. The van der Waals surface area contributed by atoms with Gasteiger partial charge in [-0.2, -0.15) is 15.0 Å². The van der Waals surface area contributed by atoms with Crippen LogP contribution in [-0.2, 0) is 22.2 Å². The van der Waals surface area contributed by atoms with E-state index in [0.717, 1.165) is 23.0 Å². The fourth-order valence-corrected chi connectivity index (χ4v) is 3.79. The molecule has 0 amide bonds. The Morgan fingerprint density at radius 1 is 1.19 bits per heavy atom. The highest BCUT2D eigenvalue weighted by molar-refractivity contribution is 7.89. The molecule has 32 heavy (non-hydrogen) atoms. The molecular weight excluding hydrogens is 458 g/mol. The van der Waals surface area contributed by atoms with Crippen LogP contribution in [0.1, 0.15) is 18.2 Å². The van der Waals surface area contributed by atoms with Crippen molar-refractivity contribution in [3.63, 3.8) is 0 Å². The smallest absolute Gasteiger partial charge is 0.406 e. The number of aromatic nitrogens is 4. The standard InChI is InChI=1S/C18H17F4N5O4S/c1-17(28,10-32(23,29)30)16-4-2-3-14(25-16)15-8-24-27(26-15)9-11-7-12(5-6-13(11)19)31-18(20,21)22/h2-8,28H,9-10H2,1H3,(H2,23,29,30). The fourth-order valence-electron chi connectivity index (χ4n) is 2.86. The number of alkyl halides is 3. The topological polar surface area (TPSA) is 133 Å². The summed E-state index contributed by atoms with van der Waals surface area (Å²) in [5.74, 6) is -2.14. The Morgan fingerprint density at radius 3 is 2.56 bits per heavy atom. The highest BCUT2D eigenvalue weighted by Crippen LogP contribution is 2.26. The van der Waals surface area contributed by atoms with E-state index in [4.69, 9.17) is 5.14 Å². The SMILES string of the molecule is CC(O)(CS(N)(=O)=O)c1cccc(-c2cnn(Cc3cc(OC(F)(F)F)ccc3F)n2)n1. The zero-order chi connectivity index (χ0) is 23.7. The second-order valence-electron chi connectivity index (χ2n) is 7.05. The molecule has 0 aliphatic rings. The van der Waals surface area contributed by atoms with Crippen LogP contribution in [0.2, 0.25) is 0 Å². The molecule has 3 rings (SSSR count). The summed E-state index contributed by atoms with van der Waals surface area (Å²) < 4.78 is 77.7. The molecule has 9 nitrogen and oxygen atoms in total. The molecule has 0 saturated carbocycles. The van der Waals surface area contributed by atoms with Crippen molar-refractivity contribution in [3.05, 3.63) is 59.7 Å². The van der Waals surface area contributed by atoms with E-state index in [1.54, 1.807) is 0 Å². The molecule has 0 radical (unpaired) electrons. The van der Waals surface area contributed by atoms with Gasteiger partial charge in [0.05, 0.1) is 29.9 Å². The number of nitrogens with zero attached hydrogens (tertiary/aromatic N) is 4. The Balaban J connectivity index is 1.84. The molecule has 3 aromatic rings. The third-order valence-electron chi connectivity index (χ3n) is 4.14. The van der Waals surface area contributed by atoms with Crippen LogP contribution in [-0.4, -0.2) is 45.6 Å². The molecular formula is C18H17F4N5O4S. The number of primary sulfonamides is 1. The van der Waals surface area contributed by atoms with Crippen molar-refractivity contribution < 1.29 is 35.8 Å². The van der Waals surface area contributed by atoms with E-state index in [-0.39, 0.29) is 29.2 Å². The quantitative estimate of drug-likeness (QED) is 0.499. The van der Waals surface area contributed by atoms with Gasteiger partial charge < -0.3 is 9.84 Å². The van der Waals surface area contributed by atoms with Crippen molar-refractivity contribution in [2.75, 3.05) is 5.75 Å². The van der Waals surface area contributed by atoms with Crippen LogP contribution in [0.15, 0.2) is 42.6 Å². The van der Waals surface area contributed by atoms with Crippen molar-refractivity contribution in [2.24, 2.45) is 5.14 Å². The third-order valence-corrected chi connectivity index (χ3v) is 5.11. The van der Waals surface area contributed by atoms with Gasteiger partial charge in [0.25, 0.3) is 0 Å². The van der Waals surface area contributed by atoms with Crippen molar-refractivity contribution in [3.8, 4) is 17.1 Å². The first-order valence-corrected chi connectivity index (χ1v) is 10.6. The molecule has 1 atom stereocenters. The number of sulfonamides is 1. The van der Waals surface area contributed by atoms with E-state index in [1.807, 2.05) is 0 Å². The lowest BCUT2D eigenvalue weighted by Gasteiger charge is -2.21. The maximum atomic E-state index is 14.0. The number of hydrogen-bond donors (Lipinski definition) is 2. The summed E-state index contributed by atoms with van der Waals surface area (Å²) >= 11 is 0. The second kappa shape index (κ2) is 8.44. The minimum absolute atomic E-state index is 0.0154. The summed E-state index contributed by atoms with van der Waals surface area (Å²) in [5.41, 5.74) is -1.59. The molecule has 0 saturated heterocycles. The van der Waals surface area contributed by atoms with Gasteiger partial charge in [0.2, 0.25) is 10.0 Å². The Morgan fingerprint density at radius 2 is 1.91 bits per heavy atom. The average Bonchev–Trinajstić information content (AvgIpc) is 3.10. The molecule has 0 bridgehead atoms. The van der Waals surface area contributed by atoms with Gasteiger partial charge in [0.1, 0.15) is 22.9 Å². The Kier molecular flexibility index (Phi) is 6.22. The highest BCUT2D eigenvalue weighted by atomic mass is 32.2. The second-order valence-corrected chi connectivity index (χ2v) is 8.66. The molecule has 1 unspecified atom stereocenters. The monoisotopic (exact) mass is 475 g/mol. The number of pyridine rings is 1. The van der Waals surface area contributed by atoms with Gasteiger partial charge >= 0.3 is 6.36 Å². The molecule has 0 spiro atoms. The van der Waals surface area contributed by atoms with E-state index >= 15 is 0 Å². The lowest BCUT2D eigenvalue weighted by molar-refractivity contribution is -0.274. The largest absolute Gasteiger partial charge is 0.573 e. The molecule has 172 valence electrons. The van der Waals surface area contributed by atoms with Crippen molar-refractivity contribution in [1.82, 2.24) is 20.0 Å².